The lowest BCUT2D eigenvalue weighted by molar-refractivity contribution is -0.132. The number of Topliss-reactive ketones (excluding diaryl/α,β-unsaturated/α-hetero) is 1. The van der Waals surface area contributed by atoms with E-state index < -0.39 is 17.7 Å². The highest BCUT2D eigenvalue weighted by molar-refractivity contribution is 6.51. The number of nitrogens with zero attached hydrogens (tertiary/aromatic N) is 1. The van der Waals surface area contributed by atoms with E-state index in [1.807, 2.05) is 44.2 Å². The van der Waals surface area contributed by atoms with Crippen LogP contribution in [0, 0.1) is 6.92 Å². The number of hydrogen-bond donors (Lipinski definition) is 1. The summed E-state index contributed by atoms with van der Waals surface area (Å²) in [6, 6.07) is 20.3. The number of amides is 1. The lowest BCUT2D eigenvalue weighted by atomic mass is 9.94. The molecule has 6 heteroatoms. The molecular weight excluding hydrogens is 426 g/mol. The molecule has 1 N–H and O–H groups in total. The summed E-state index contributed by atoms with van der Waals surface area (Å²) in [4.78, 5) is 27.7. The summed E-state index contributed by atoms with van der Waals surface area (Å²) in [6.07, 6.45) is 0. The molecule has 1 aliphatic heterocycles. The average molecular weight is 448 g/mol. The van der Waals surface area contributed by atoms with Crippen molar-refractivity contribution in [3.8, 4) is 5.75 Å². The third-order valence-corrected chi connectivity index (χ3v) is 5.63. The normalized spacial score (nSPS) is 17.6. The van der Waals surface area contributed by atoms with Crippen molar-refractivity contribution in [2.75, 3.05) is 11.5 Å². The highest BCUT2D eigenvalue weighted by Gasteiger charge is 2.46. The van der Waals surface area contributed by atoms with E-state index in [0.29, 0.717) is 34.2 Å². The van der Waals surface area contributed by atoms with Crippen LogP contribution in [0.3, 0.4) is 0 Å². The second-order valence-corrected chi connectivity index (χ2v) is 7.91. The number of ether oxygens (including phenoxy) is 1. The summed E-state index contributed by atoms with van der Waals surface area (Å²) >= 11 is 6.16. The van der Waals surface area contributed by atoms with Crippen LogP contribution in [0.25, 0.3) is 5.76 Å². The molecule has 0 radical (unpaired) electrons. The molecule has 1 saturated heterocycles. The van der Waals surface area contributed by atoms with Crippen molar-refractivity contribution in [3.05, 3.63) is 100 Å². The van der Waals surface area contributed by atoms with Gasteiger partial charge in [-0.1, -0.05) is 48.0 Å². The summed E-state index contributed by atoms with van der Waals surface area (Å²) in [5.74, 6) is -0.996. The molecule has 5 nitrogen and oxygen atoms in total. The first-order valence-electron chi connectivity index (χ1n) is 10.3. The van der Waals surface area contributed by atoms with Gasteiger partial charge in [-0.15, -0.1) is 0 Å². The molecule has 1 amide bonds. The Morgan fingerprint density at radius 3 is 2.44 bits per heavy atom. The van der Waals surface area contributed by atoms with E-state index in [1.165, 1.54) is 4.90 Å². The van der Waals surface area contributed by atoms with Crippen LogP contribution in [0.5, 0.6) is 5.75 Å². The SMILES string of the molecule is CCOc1ccc(/C(O)=C2\C(=O)C(=O)N(c3cccc(Cl)c3)C2c2ccccc2)cc1C. The topological polar surface area (TPSA) is 66.8 Å². The fourth-order valence-electron chi connectivity index (χ4n) is 3.95. The van der Waals surface area contributed by atoms with E-state index in [0.717, 1.165) is 5.56 Å². The molecule has 4 rings (SSSR count). The Morgan fingerprint density at radius 2 is 1.78 bits per heavy atom. The number of anilines is 1. The van der Waals surface area contributed by atoms with E-state index in [2.05, 4.69) is 0 Å². The van der Waals surface area contributed by atoms with Gasteiger partial charge in [-0.2, -0.15) is 0 Å². The molecule has 3 aromatic carbocycles. The van der Waals surface area contributed by atoms with Crippen molar-refractivity contribution in [1.82, 2.24) is 0 Å². The number of halogens is 1. The minimum absolute atomic E-state index is 0.0322. The molecule has 32 heavy (non-hydrogen) atoms. The first-order valence-corrected chi connectivity index (χ1v) is 10.7. The molecule has 3 aromatic rings. The number of rotatable bonds is 5. The van der Waals surface area contributed by atoms with Crippen molar-refractivity contribution in [3.63, 3.8) is 0 Å². The summed E-state index contributed by atoms with van der Waals surface area (Å²) in [6.45, 7) is 4.27. The lowest BCUT2D eigenvalue weighted by Gasteiger charge is -2.25. The number of carbonyl (C=O) groups excluding carboxylic acids is 2. The monoisotopic (exact) mass is 447 g/mol. The highest BCUT2D eigenvalue weighted by Crippen LogP contribution is 2.42. The van der Waals surface area contributed by atoms with Crippen molar-refractivity contribution in [1.29, 1.82) is 0 Å². The van der Waals surface area contributed by atoms with E-state index in [4.69, 9.17) is 16.3 Å². The van der Waals surface area contributed by atoms with Gasteiger partial charge in [0.1, 0.15) is 11.5 Å². The molecule has 1 unspecified atom stereocenters. The Labute approximate surface area is 191 Å². The van der Waals surface area contributed by atoms with Gasteiger partial charge in [0.15, 0.2) is 0 Å². The third kappa shape index (κ3) is 3.87. The third-order valence-electron chi connectivity index (χ3n) is 5.39. The van der Waals surface area contributed by atoms with Gasteiger partial charge in [0.05, 0.1) is 18.2 Å². The quantitative estimate of drug-likeness (QED) is 0.310. The molecule has 0 spiro atoms. The maximum absolute atomic E-state index is 13.2. The zero-order chi connectivity index (χ0) is 22.8. The van der Waals surface area contributed by atoms with E-state index in [1.54, 1.807) is 42.5 Å². The maximum Gasteiger partial charge on any atom is 0.300 e. The van der Waals surface area contributed by atoms with Gasteiger partial charge in [-0.25, -0.2) is 0 Å². The number of ketones is 1. The minimum atomic E-state index is -0.790. The van der Waals surface area contributed by atoms with Gasteiger partial charge in [-0.3, -0.25) is 14.5 Å². The Morgan fingerprint density at radius 1 is 1.03 bits per heavy atom. The summed E-state index contributed by atoms with van der Waals surface area (Å²) in [5, 5.41) is 11.7. The minimum Gasteiger partial charge on any atom is -0.507 e. The smallest absolute Gasteiger partial charge is 0.300 e. The molecular formula is C26H22ClNO4. The van der Waals surface area contributed by atoms with Crippen LogP contribution in [0.2, 0.25) is 5.02 Å². The molecule has 0 bridgehead atoms. The van der Waals surface area contributed by atoms with Crippen LogP contribution in [-0.4, -0.2) is 23.4 Å². The van der Waals surface area contributed by atoms with Crippen LogP contribution >= 0.6 is 11.6 Å². The molecule has 1 fully saturated rings. The van der Waals surface area contributed by atoms with Gasteiger partial charge in [-0.05, 0) is 61.4 Å². The van der Waals surface area contributed by atoms with Crippen LogP contribution < -0.4 is 9.64 Å². The Kier molecular flexibility index (Phi) is 6.01. The number of carbonyl (C=O) groups is 2. The van der Waals surface area contributed by atoms with E-state index in [9.17, 15) is 14.7 Å². The molecule has 1 heterocycles. The summed E-state index contributed by atoms with van der Waals surface area (Å²) in [7, 11) is 0. The Hall–Kier alpha value is -3.57. The zero-order valence-electron chi connectivity index (χ0n) is 17.7. The molecule has 0 aliphatic carbocycles. The van der Waals surface area contributed by atoms with E-state index in [-0.39, 0.29) is 11.3 Å². The Balaban J connectivity index is 1.90. The molecule has 0 aromatic heterocycles. The van der Waals surface area contributed by atoms with Crippen molar-refractivity contribution in [2.45, 2.75) is 19.9 Å². The summed E-state index contributed by atoms with van der Waals surface area (Å²) in [5.41, 5.74) is 2.48. The predicted molar refractivity (Wildman–Crippen MR) is 125 cm³/mol. The van der Waals surface area contributed by atoms with Crippen molar-refractivity contribution >= 4 is 34.7 Å². The van der Waals surface area contributed by atoms with Gasteiger partial charge < -0.3 is 9.84 Å². The first-order chi connectivity index (χ1) is 15.4. The summed E-state index contributed by atoms with van der Waals surface area (Å²) < 4.78 is 5.57. The Bertz CT molecular complexity index is 1220. The number of aliphatic hydroxyl groups excluding tert-OH is 1. The second kappa shape index (κ2) is 8.89. The maximum atomic E-state index is 13.2. The number of aryl methyl sites for hydroxylation is 1. The molecule has 1 aliphatic rings. The largest absolute Gasteiger partial charge is 0.507 e. The van der Waals surface area contributed by atoms with Crippen molar-refractivity contribution < 1.29 is 19.4 Å². The molecule has 162 valence electrons. The highest BCUT2D eigenvalue weighted by atomic mass is 35.5. The van der Waals surface area contributed by atoms with E-state index >= 15 is 0 Å². The van der Waals surface area contributed by atoms with Gasteiger partial charge >= 0.3 is 0 Å². The standard InChI is InChI=1S/C26H22ClNO4/c1-3-32-21-13-12-18(14-16(21)2)24(29)22-23(17-8-5-4-6-9-17)28(26(31)25(22)30)20-11-7-10-19(27)15-20/h4-15,23,29H,3H2,1-2H3/b24-22+. The van der Waals surface area contributed by atoms with Gasteiger partial charge in [0, 0.05) is 16.3 Å². The number of hydrogen-bond acceptors (Lipinski definition) is 4. The average Bonchev–Trinajstić information content (AvgIpc) is 3.06. The molecule has 0 saturated carbocycles. The number of aliphatic hydroxyl groups is 1. The predicted octanol–water partition coefficient (Wildman–Crippen LogP) is 5.67. The van der Waals surface area contributed by atoms with Crippen LogP contribution in [-0.2, 0) is 9.59 Å². The first kappa shape index (κ1) is 21.7. The molecule has 1 atom stereocenters. The lowest BCUT2D eigenvalue weighted by Crippen LogP contribution is -2.29. The second-order valence-electron chi connectivity index (χ2n) is 7.47. The van der Waals surface area contributed by atoms with Crippen LogP contribution in [0.4, 0.5) is 5.69 Å². The van der Waals surface area contributed by atoms with Gasteiger partial charge in [0.25, 0.3) is 11.7 Å². The fourth-order valence-corrected chi connectivity index (χ4v) is 4.13. The van der Waals surface area contributed by atoms with Gasteiger partial charge in [0.2, 0.25) is 0 Å². The zero-order valence-corrected chi connectivity index (χ0v) is 18.5. The van der Waals surface area contributed by atoms with Crippen LogP contribution in [0.1, 0.15) is 29.7 Å². The number of benzene rings is 3. The fraction of sp³-hybridized carbons (Fsp3) is 0.154. The van der Waals surface area contributed by atoms with Crippen LogP contribution in [0.15, 0.2) is 78.4 Å². The van der Waals surface area contributed by atoms with Crippen molar-refractivity contribution in [2.24, 2.45) is 0 Å².